The molecule has 2 aliphatic rings. The van der Waals surface area contributed by atoms with Gasteiger partial charge in [-0.05, 0) is 12.0 Å². The van der Waals surface area contributed by atoms with Crippen molar-refractivity contribution in [2.45, 2.75) is 12.6 Å². The van der Waals surface area contributed by atoms with Gasteiger partial charge in [-0.1, -0.05) is 0 Å². The first kappa shape index (κ1) is 14.6. The molecule has 118 valence electrons. The average Bonchev–Trinajstić information content (AvgIpc) is 2.47. The predicted octanol–water partition coefficient (Wildman–Crippen LogP) is 1.46. The van der Waals surface area contributed by atoms with Crippen molar-refractivity contribution in [1.82, 2.24) is 14.9 Å². The molecule has 0 aliphatic carbocycles. The zero-order valence-corrected chi connectivity index (χ0v) is 11.5. The van der Waals surface area contributed by atoms with E-state index >= 15 is 0 Å². The fourth-order valence-electron chi connectivity index (χ4n) is 2.43. The van der Waals surface area contributed by atoms with Crippen molar-refractivity contribution in [2.75, 3.05) is 31.6 Å². The molecule has 6 nitrogen and oxygen atoms in total. The largest absolute Gasteiger partial charge is 0.486 e. The number of rotatable bonds is 2. The van der Waals surface area contributed by atoms with Gasteiger partial charge in [-0.25, -0.2) is 9.97 Å². The highest BCUT2D eigenvalue weighted by Crippen LogP contribution is 2.35. The summed E-state index contributed by atoms with van der Waals surface area (Å²) in [4.78, 5) is 20.8. The number of carbonyl (C=O) groups is 1. The lowest BCUT2D eigenvalue weighted by molar-refractivity contribution is -0.158. The maximum Gasteiger partial charge on any atom is 0.406 e. The van der Waals surface area contributed by atoms with Crippen LogP contribution in [0, 0.1) is 0 Å². The second-order valence-corrected chi connectivity index (χ2v) is 4.97. The molecule has 0 unspecified atom stereocenters. The van der Waals surface area contributed by atoms with Gasteiger partial charge in [0.15, 0.2) is 11.6 Å². The van der Waals surface area contributed by atoms with Crippen molar-refractivity contribution in [3.05, 3.63) is 18.1 Å². The second kappa shape index (κ2) is 5.47. The molecule has 0 saturated heterocycles. The summed E-state index contributed by atoms with van der Waals surface area (Å²) in [6.07, 6.45) is -1.59. The highest BCUT2D eigenvalue weighted by atomic mass is 19.4. The number of alkyl halides is 3. The van der Waals surface area contributed by atoms with Gasteiger partial charge in [0.2, 0.25) is 5.91 Å². The molecule has 0 atom stereocenters. The Hall–Kier alpha value is -2.32. The average molecular weight is 314 g/mol. The summed E-state index contributed by atoms with van der Waals surface area (Å²) in [6, 6.07) is 0. The van der Waals surface area contributed by atoms with Crippen LogP contribution < -0.4 is 10.1 Å². The second-order valence-electron chi connectivity index (χ2n) is 4.97. The Kier molecular flexibility index (Phi) is 3.63. The number of nitrogens with one attached hydrogen (secondary N) is 1. The van der Waals surface area contributed by atoms with Gasteiger partial charge in [0.05, 0.1) is 6.54 Å². The van der Waals surface area contributed by atoms with Crippen LogP contribution in [-0.2, 0) is 4.79 Å². The van der Waals surface area contributed by atoms with Crippen LogP contribution in [0.5, 0.6) is 5.75 Å². The Morgan fingerprint density at radius 2 is 2.18 bits per heavy atom. The Bertz CT molecular complexity index is 630. The summed E-state index contributed by atoms with van der Waals surface area (Å²) in [7, 11) is 0. The fraction of sp³-hybridized carbons (Fsp3) is 0.462. The number of ether oxygens (including phenoxy) is 1. The molecule has 2 aliphatic heterocycles. The van der Waals surface area contributed by atoms with E-state index in [0.29, 0.717) is 36.0 Å². The highest BCUT2D eigenvalue weighted by molar-refractivity contribution is 5.97. The Balaban J connectivity index is 1.85. The molecule has 9 heteroatoms. The van der Waals surface area contributed by atoms with Gasteiger partial charge in [-0.3, -0.25) is 4.79 Å². The third-order valence-electron chi connectivity index (χ3n) is 3.38. The molecule has 1 aromatic heterocycles. The van der Waals surface area contributed by atoms with Crippen LogP contribution >= 0.6 is 0 Å². The normalized spacial score (nSPS) is 18.2. The number of aromatic nitrogens is 2. The molecule has 0 bridgehead atoms. The van der Waals surface area contributed by atoms with Crippen LogP contribution in [0.25, 0.3) is 5.57 Å². The van der Waals surface area contributed by atoms with Crippen molar-refractivity contribution < 1.29 is 22.7 Å². The smallest absolute Gasteiger partial charge is 0.406 e. The minimum Gasteiger partial charge on any atom is -0.486 e. The maximum absolute atomic E-state index is 12.4. The topological polar surface area (TPSA) is 67.3 Å². The van der Waals surface area contributed by atoms with Gasteiger partial charge in [0.1, 0.15) is 25.2 Å². The monoisotopic (exact) mass is 314 g/mol. The van der Waals surface area contributed by atoms with Crippen LogP contribution in [0.15, 0.2) is 12.4 Å². The summed E-state index contributed by atoms with van der Waals surface area (Å²) < 4.78 is 42.7. The van der Waals surface area contributed by atoms with Crippen LogP contribution in [0.4, 0.5) is 19.0 Å². The third kappa shape index (κ3) is 2.97. The molecule has 0 saturated carbocycles. The van der Waals surface area contributed by atoms with E-state index in [0.717, 1.165) is 4.90 Å². The molecular weight excluding hydrogens is 301 g/mol. The molecule has 22 heavy (non-hydrogen) atoms. The molecular formula is C13H13F3N4O2. The number of hydrogen-bond donors (Lipinski definition) is 1. The first-order valence-electron chi connectivity index (χ1n) is 6.72. The summed E-state index contributed by atoms with van der Waals surface area (Å²) >= 11 is 0. The summed E-state index contributed by atoms with van der Waals surface area (Å²) in [5, 5.41) is 3.05. The first-order valence-corrected chi connectivity index (χ1v) is 6.72. The van der Waals surface area contributed by atoms with Gasteiger partial charge < -0.3 is 15.0 Å². The summed E-state index contributed by atoms with van der Waals surface area (Å²) in [6.45, 7) is -0.193. The highest BCUT2D eigenvalue weighted by Gasteiger charge is 2.34. The van der Waals surface area contributed by atoms with E-state index in [2.05, 4.69) is 15.3 Å². The van der Waals surface area contributed by atoms with Crippen LogP contribution in [-0.4, -0.2) is 53.2 Å². The summed E-state index contributed by atoms with van der Waals surface area (Å²) in [5.41, 5.74) is 1.02. The molecule has 0 radical (unpaired) electrons. The van der Waals surface area contributed by atoms with Crippen molar-refractivity contribution in [1.29, 1.82) is 0 Å². The zero-order chi connectivity index (χ0) is 15.7. The van der Waals surface area contributed by atoms with E-state index in [1.54, 1.807) is 0 Å². The Morgan fingerprint density at radius 3 is 2.91 bits per heavy atom. The van der Waals surface area contributed by atoms with E-state index < -0.39 is 18.6 Å². The Labute approximate surface area is 124 Å². The fourth-order valence-corrected chi connectivity index (χ4v) is 2.43. The van der Waals surface area contributed by atoms with Gasteiger partial charge in [0.25, 0.3) is 0 Å². The van der Waals surface area contributed by atoms with Gasteiger partial charge in [-0.2, -0.15) is 13.2 Å². The number of halogens is 3. The molecule has 0 aromatic carbocycles. The molecule has 0 spiro atoms. The number of anilines is 1. The van der Waals surface area contributed by atoms with E-state index in [-0.39, 0.29) is 13.0 Å². The lowest BCUT2D eigenvalue weighted by Crippen LogP contribution is -2.40. The zero-order valence-electron chi connectivity index (χ0n) is 11.5. The van der Waals surface area contributed by atoms with Crippen molar-refractivity contribution >= 4 is 17.3 Å². The predicted molar refractivity (Wildman–Crippen MR) is 71.2 cm³/mol. The molecule has 0 fully saturated rings. The van der Waals surface area contributed by atoms with E-state index in [9.17, 15) is 18.0 Å². The SMILES string of the molecule is O=C1C=C(c2ncnc3c2OCCN3)CCN1CC(F)(F)F. The van der Waals surface area contributed by atoms with Crippen LogP contribution in [0.1, 0.15) is 12.1 Å². The van der Waals surface area contributed by atoms with Crippen LogP contribution in [0.3, 0.4) is 0 Å². The minimum absolute atomic E-state index is 0.00359. The van der Waals surface area contributed by atoms with Crippen molar-refractivity contribution in [3.8, 4) is 5.75 Å². The molecule has 3 heterocycles. The van der Waals surface area contributed by atoms with E-state index in [4.69, 9.17) is 4.74 Å². The lowest BCUT2D eigenvalue weighted by atomic mass is 10.0. The number of amides is 1. The molecule has 1 amide bonds. The van der Waals surface area contributed by atoms with E-state index in [1.165, 1.54) is 12.4 Å². The minimum atomic E-state index is -4.40. The van der Waals surface area contributed by atoms with E-state index in [1.807, 2.05) is 0 Å². The number of carbonyl (C=O) groups excluding carboxylic acids is 1. The summed E-state index contributed by atoms with van der Waals surface area (Å²) in [5.74, 6) is 0.300. The number of fused-ring (bicyclic) bond motifs is 1. The maximum atomic E-state index is 12.4. The van der Waals surface area contributed by atoms with Crippen molar-refractivity contribution in [3.63, 3.8) is 0 Å². The lowest BCUT2D eigenvalue weighted by Gasteiger charge is -2.28. The first-order chi connectivity index (χ1) is 10.4. The van der Waals surface area contributed by atoms with Gasteiger partial charge in [0, 0.05) is 12.6 Å². The quantitative estimate of drug-likeness (QED) is 0.895. The molecule has 3 rings (SSSR count). The van der Waals surface area contributed by atoms with Crippen LogP contribution in [0.2, 0.25) is 0 Å². The standard InChI is InChI=1S/C13H13F3N4O2/c14-13(15,16)6-20-3-1-8(5-9(20)21)10-11-12(19-7-18-10)17-2-4-22-11/h5,7H,1-4,6H2,(H,17,18,19). The number of nitrogens with zero attached hydrogens (tertiary/aromatic N) is 3. The Morgan fingerprint density at radius 1 is 1.36 bits per heavy atom. The molecule has 1 N–H and O–H groups in total. The number of hydrogen-bond acceptors (Lipinski definition) is 5. The molecule has 1 aromatic rings. The third-order valence-corrected chi connectivity index (χ3v) is 3.38. The van der Waals surface area contributed by atoms with Gasteiger partial charge in [-0.15, -0.1) is 0 Å². The van der Waals surface area contributed by atoms with Crippen molar-refractivity contribution in [2.24, 2.45) is 0 Å². The van der Waals surface area contributed by atoms with Gasteiger partial charge >= 0.3 is 6.18 Å².